The van der Waals surface area contributed by atoms with Crippen molar-refractivity contribution in [2.24, 2.45) is 5.92 Å². The van der Waals surface area contributed by atoms with Gasteiger partial charge in [-0.25, -0.2) is 4.98 Å². The lowest BCUT2D eigenvalue weighted by atomic mass is 9.97. The van der Waals surface area contributed by atoms with E-state index < -0.39 is 0 Å². The van der Waals surface area contributed by atoms with Crippen LogP contribution in [0.15, 0.2) is 18.3 Å². The maximum absolute atomic E-state index is 12.1. The topological polar surface area (TPSA) is 57.3 Å². The first kappa shape index (κ1) is 14.0. The summed E-state index contributed by atoms with van der Waals surface area (Å²) < 4.78 is 0. The normalized spacial score (nSPS) is 16.6. The quantitative estimate of drug-likeness (QED) is 0.852. The van der Waals surface area contributed by atoms with Crippen molar-refractivity contribution in [1.82, 2.24) is 15.2 Å². The van der Waals surface area contributed by atoms with E-state index >= 15 is 0 Å². The number of anilines is 1. The molecule has 1 fully saturated rings. The van der Waals surface area contributed by atoms with Gasteiger partial charge in [-0.05, 0) is 57.7 Å². The minimum absolute atomic E-state index is 0.0935. The van der Waals surface area contributed by atoms with Gasteiger partial charge in [0, 0.05) is 18.7 Å². The van der Waals surface area contributed by atoms with Crippen molar-refractivity contribution in [1.29, 1.82) is 0 Å². The standard InChI is InChI=1S/C14H22N4O/c1-18(2)10-11-3-8-16-13(9-11)17-14(19)12-4-6-15-7-5-12/h3,8-9,12,15H,4-7,10H2,1-2H3,(H,16,17,19). The van der Waals surface area contributed by atoms with Crippen molar-refractivity contribution in [3.05, 3.63) is 23.9 Å². The van der Waals surface area contributed by atoms with Crippen molar-refractivity contribution in [3.63, 3.8) is 0 Å². The fourth-order valence-corrected chi connectivity index (χ4v) is 2.32. The van der Waals surface area contributed by atoms with Gasteiger partial charge in [0.25, 0.3) is 0 Å². The first-order valence-corrected chi connectivity index (χ1v) is 6.76. The molecule has 0 radical (unpaired) electrons. The summed E-state index contributed by atoms with van der Waals surface area (Å²) >= 11 is 0. The summed E-state index contributed by atoms with van der Waals surface area (Å²) in [7, 11) is 4.04. The zero-order valence-corrected chi connectivity index (χ0v) is 11.6. The summed E-state index contributed by atoms with van der Waals surface area (Å²) in [6, 6.07) is 3.92. The summed E-state index contributed by atoms with van der Waals surface area (Å²) in [6.07, 6.45) is 3.56. The molecule has 0 aliphatic carbocycles. The van der Waals surface area contributed by atoms with E-state index in [9.17, 15) is 4.79 Å². The van der Waals surface area contributed by atoms with Crippen LogP contribution in [0.4, 0.5) is 5.82 Å². The van der Waals surface area contributed by atoms with Gasteiger partial charge in [0.05, 0.1) is 0 Å². The number of hydrogen-bond acceptors (Lipinski definition) is 4. The molecule has 1 amide bonds. The average molecular weight is 262 g/mol. The van der Waals surface area contributed by atoms with E-state index in [0.717, 1.165) is 38.0 Å². The van der Waals surface area contributed by atoms with Crippen LogP contribution >= 0.6 is 0 Å². The number of aromatic nitrogens is 1. The molecule has 0 unspecified atom stereocenters. The molecule has 2 N–H and O–H groups in total. The molecule has 1 aliphatic heterocycles. The van der Waals surface area contributed by atoms with E-state index in [-0.39, 0.29) is 11.8 Å². The van der Waals surface area contributed by atoms with Crippen molar-refractivity contribution in [2.75, 3.05) is 32.5 Å². The van der Waals surface area contributed by atoms with E-state index in [4.69, 9.17) is 0 Å². The van der Waals surface area contributed by atoms with Gasteiger partial charge >= 0.3 is 0 Å². The highest BCUT2D eigenvalue weighted by Gasteiger charge is 2.21. The van der Waals surface area contributed by atoms with Crippen LogP contribution in [-0.4, -0.2) is 43.0 Å². The highest BCUT2D eigenvalue weighted by molar-refractivity contribution is 5.91. The second-order valence-corrected chi connectivity index (χ2v) is 5.30. The SMILES string of the molecule is CN(C)Cc1ccnc(NC(=O)C2CCNCC2)c1. The van der Waals surface area contributed by atoms with Crippen LogP contribution in [0.2, 0.25) is 0 Å². The Bertz CT molecular complexity index is 427. The van der Waals surface area contributed by atoms with Gasteiger partial charge in [0.2, 0.25) is 5.91 Å². The molecule has 1 aliphatic rings. The number of amides is 1. The third-order valence-corrected chi connectivity index (χ3v) is 3.28. The Morgan fingerprint density at radius 1 is 1.47 bits per heavy atom. The third-order valence-electron chi connectivity index (χ3n) is 3.28. The molecular formula is C14H22N4O. The molecule has 1 aromatic heterocycles. The lowest BCUT2D eigenvalue weighted by Crippen LogP contribution is -2.34. The molecular weight excluding hydrogens is 240 g/mol. The number of piperidine rings is 1. The number of carbonyl (C=O) groups is 1. The van der Waals surface area contributed by atoms with Crippen LogP contribution in [0.3, 0.4) is 0 Å². The number of nitrogens with zero attached hydrogens (tertiary/aromatic N) is 2. The Balaban J connectivity index is 1.96. The van der Waals surface area contributed by atoms with Crippen LogP contribution in [-0.2, 0) is 11.3 Å². The molecule has 2 rings (SSSR count). The zero-order chi connectivity index (χ0) is 13.7. The summed E-state index contributed by atoms with van der Waals surface area (Å²) in [5, 5.41) is 6.19. The first-order chi connectivity index (χ1) is 9.15. The minimum atomic E-state index is 0.0935. The first-order valence-electron chi connectivity index (χ1n) is 6.76. The van der Waals surface area contributed by atoms with Crippen LogP contribution < -0.4 is 10.6 Å². The molecule has 1 aromatic rings. The fourth-order valence-electron chi connectivity index (χ4n) is 2.32. The monoisotopic (exact) mass is 262 g/mol. The predicted molar refractivity (Wildman–Crippen MR) is 75.9 cm³/mol. The lowest BCUT2D eigenvalue weighted by Gasteiger charge is -2.21. The highest BCUT2D eigenvalue weighted by Crippen LogP contribution is 2.15. The van der Waals surface area contributed by atoms with Gasteiger partial charge < -0.3 is 15.5 Å². The molecule has 2 heterocycles. The number of pyridine rings is 1. The third kappa shape index (κ3) is 4.29. The fraction of sp³-hybridized carbons (Fsp3) is 0.571. The lowest BCUT2D eigenvalue weighted by molar-refractivity contribution is -0.120. The summed E-state index contributed by atoms with van der Waals surface area (Å²) in [6.45, 7) is 2.69. The Morgan fingerprint density at radius 3 is 2.89 bits per heavy atom. The number of carbonyl (C=O) groups excluding carboxylic acids is 1. The zero-order valence-electron chi connectivity index (χ0n) is 11.6. The molecule has 5 heteroatoms. The summed E-state index contributed by atoms with van der Waals surface area (Å²) in [5.41, 5.74) is 1.15. The molecule has 5 nitrogen and oxygen atoms in total. The Labute approximate surface area is 114 Å². The summed E-state index contributed by atoms with van der Waals surface area (Å²) in [4.78, 5) is 18.4. The van der Waals surface area contributed by atoms with Crippen molar-refractivity contribution >= 4 is 11.7 Å². The Morgan fingerprint density at radius 2 is 2.21 bits per heavy atom. The maximum atomic E-state index is 12.1. The van der Waals surface area contributed by atoms with E-state index in [0.29, 0.717) is 5.82 Å². The van der Waals surface area contributed by atoms with Gasteiger partial charge in [0.1, 0.15) is 5.82 Å². The van der Waals surface area contributed by atoms with Crippen LogP contribution in [0, 0.1) is 5.92 Å². The molecule has 19 heavy (non-hydrogen) atoms. The molecule has 0 spiro atoms. The van der Waals surface area contributed by atoms with Gasteiger partial charge in [-0.3, -0.25) is 4.79 Å². The average Bonchev–Trinajstić information content (AvgIpc) is 2.39. The smallest absolute Gasteiger partial charge is 0.228 e. The number of hydrogen-bond donors (Lipinski definition) is 2. The van der Waals surface area contributed by atoms with Gasteiger partial charge in [0.15, 0.2) is 0 Å². The van der Waals surface area contributed by atoms with Crippen molar-refractivity contribution in [2.45, 2.75) is 19.4 Å². The second kappa shape index (κ2) is 6.63. The van der Waals surface area contributed by atoms with E-state index in [1.54, 1.807) is 6.20 Å². The number of rotatable bonds is 4. The van der Waals surface area contributed by atoms with Crippen LogP contribution in [0.25, 0.3) is 0 Å². The molecule has 0 atom stereocenters. The molecule has 0 bridgehead atoms. The molecule has 0 aromatic carbocycles. The Kier molecular flexibility index (Phi) is 4.87. The van der Waals surface area contributed by atoms with Crippen LogP contribution in [0.5, 0.6) is 0 Å². The number of nitrogens with one attached hydrogen (secondary N) is 2. The van der Waals surface area contributed by atoms with Crippen LogP contribution in [0.1, 0.15) is 18.4 Å². The molecule has 1 saturated heterocycles. The largest absolute Gasteiger partial charge is 0.317 e. The van der Waals surface area contributed by atoms with Crippen molar-refractivity contribution < 1.29 is 4.79 Å². The van der Waals surface area contributed by atoms with Gasteiger partial charge in [-0.15, -0.1) is 0 Å². The van der Waals surface area contributed by atoms with Gasteiger partial charge in [-0.1, -0.05) is 0 Å². The highest BCUT2D eigenvalue weighted by atomic mass is 16.1. The minimum Gasteiger partial charge on any atom is -0.317 e. The van der Waals surface area contributed by atoms with E-state index in [2.05, 4.69) is 20.5 Å². The summed E-state index contributed by atoms with van der Waals surface area (Å²) in [5.74, 6) is 0.861. The molecule has 0 saturated carbocycles. The maximum Gasteiger partial charge on any atom is 0.228 e. The van der Waals surface area contributed by atoms with E-state index in [1.165, 1.54) is 0 Å². The van der Waals surface area contributed by atoms with E-state index in [1.807, 2.05) is 26.2 Å². The second-order valence-electron chi connectivity index (χ2n) is 5.30. The molecule has 104 valence electrons. The van der Waals surface area contributed by atoms with Crippen molar-refractivity contribution in [3.8, 4) is 0 Å². The predicted octanol–water partition coefficient (Wildman–Crippen LogP) is 1.08. The Hall–Kier alpha value is -1.46. The van der Waals surface area contributed by atoms with Gasteiger partial charge in [-0.2, -0.15) is 0 Å².